The lowest BCUT2D eigenvalue weighted by molar-refractivity contribution is -0.897. The summed E-state index contributed by atoms with van der Waals surface area (Å²) in [5, 5.41) is 17.8. The van der Waals surface area contributed by atoms with E-state index in [0.717, 1.165) is 28.7 Å². The van der Waals surface area contributed by atoms with Crippen LogP contribution in [-0.4, -0.2) is 92.1 Å². The highest BCUT2D eigenvalue weighted by Crippen LogP contribution is 2.40. The van der Waals surface area contributed by atoms with Crippen LogP contribution in [0.2, 0.25) is 0 Å². The number of nitrogens with one attached hydrogen (secondary N) is 1. The van der Waals surface area contributed by atoms with Crippen molar-refractivity contribution < 1.29 is 28.8 Å². The van der Waals surface area contributed by atoms with Crippen molar-refractivity contribution in [2.45, 2.75) is 24.9 Å². The maximum Gasteiger partial charge on any atom is 0.278 e. The number of β-lactam (4-membered cyclic amide) rings is 1. The highest BCUT2D eigenvalue weighted by Gasteiger charge is 2.53. The molecule has 38 heavy (non-hydrogen) atoms. The molecule has 13 nitrogen and oxygen atoms in total. The van der Waals surface area contributed by atoms with Crippen LogP contribution in [0.1, 0.15) is 16.4 Å². The van der Waals surface area contributed by atoms with E-state index in [9.17, 15) is 19.5 Å². The summed E-state index contributed by atoms with van der Waals surface area (Å²) in [5.41, 5.74) is 8.45. The molecule has 0 saturated carbocycles. The van der Waals surface area contributed by atoms with Gasteiger partial charge in [0.1, 0.15) is 25.1 Å². The third-order valence-corrected chi connectivity index (χ3v) is 8.63. The monoisotopic (exact) mass is 578 g/mol. The summed E-state index contributed by atoms with van der Waals surface area (Å²) in [7, 11) is 5.40. The van der Waals surface area contributed by atoms with E-state index in [0.29, 0.717) is 22.4 Å². The second-order valence-corrected chi connectivity index (χ2v) is 12.0. The normalized spacial score (nSPS) is 19.9. The quantitative estimate of drug-likeness (QED) is 0.161. The lowest BCUT2D eigenvalue weighted by Gasteiger charge is -2.50. The van der Waals surface area contributed by atoms with Crippen molar-refractivity contribution in [1.82, 2.24) is 24.6 Å². The van der Waals surface area contributed by atoms with Gasteiger partial charge in [-0.3, -0.25) is 14.5 Å². The van der Waals surface area contributed by atoms with Gasteiger partial charge in [0, 0.05) is 17.3 Å². The number of hydrogen-bond donors (Lipinski definition) is 2. The van der Waals surface area contributed by atoms with Crippen LogP contribution >= 0.6 is 34.6 Å². The Bertz CT molecular complexity index is 1350. The minimum absolute atomic E-state index is 0.0404. The van der Waals surface area contributed by atoms with E-state index < -0.39 is 29.2 Å². The third-order valence-electron chi connectivity index (χ3n) is 5.86. The number of carbonyl (C=O) groups excluding carboxylic acids is 3. The van der Waals surface area contributed by atoms with E-state index in [4.69, 9.17) is 10.6 Å². The van der Waals surface area contributed by atoms with E-state index in [-0.39, 0.29) is 22.4 Å². The standard InChI is InChI=1S/C22H26N8O5S3/c1-11-13(37-10-24-11)8-30(2,3)7-5-6-12-9-36-20-15(19(32)29(20)16(12)21(33)34)25-18(31)14(27-35-4)17-26-22(23)38-28-17/h5-6,10,15,20H,7-9H2,1-4H3,(H3-,23,25,26,28,31,33,34)/b6-5+,27-14-/t15-,20-/m1/s1. The number of carboxylic acids is 1. The summed E-state index contributed by atoms with van der Waals surface area (Å²) >= 11 is 3.83. The number of nitrogens with two attached hydrogens (primary N) is 1. The summed E-state index contributed by atoms with van der Waals surface area (Å²) in [5.74, 6) is -2.48. The molecule has 3 N–H and O–H groups in total. The molecule has 4 rings (SSSR count). The largest absolute Gasteiger partial charge is 0.543 e. The summed E-state index contributed by atoms with van der Waals surface area (Å²) < 4.78 is 4.60. The van der Waals surface area contributed by atoms with Crippen molar-refractivity contribution in [1.29, 1.82) is 0 Å². The number of fused-ring (bicyclic) bond motifs is 1. The number of carboxylic acid groups (broad SMARTS) is 1. The zero-order valence-corrected chi connectivity index (χ0v) is 23.5. The number of nitrogens with zero attached hydrogens (tertiary/aromatic N) is 6. The third kappa shape index (κ3) is 5.72. The Morgan fingerprint density at radius 2 is 2.18 bits per heavy atom. The number of thioether (sulfide) groups is 1. The molecular formula is C22H26N8O5S3. The number of amides is 2. The van der Waals surface area contributed by atoms with E-state index in [1.165, 1.54) is 23.7 Å². The molecule has 202 valence electrons. The molecule has 2 aliphatic heterocycles. The van der Waals surface area contributed by atoms with Gasteiger partial charge in [-0.1, -0.05) is 11.2 Å². The zero-order chi connectivity index (χ0) is 27.6. The predicted octanol–water partition coefficient (Wildman–Crippen LogP) is -0.528. The molecule has 0 bridgehead atoms. The molecule has 2 aromatic heterocycles. The molecule has 0 aliphatic carbocycles. The van der Waals surface area contributed by atoms with Crippen LogP contribution in [0.5, 0.6) is 0 Å². The highest BCUT2D eigenvalue weighted by atomic mass is 32.2. The highest BCUT2D eigenvalue weighted by molar-refractivity contribution is 8.00. The number of rotatable bonds is 10. The Balaban J connectivity index is 1.46. The number of allylic oxidation sites excluding steroid dienone is 1. The van der Waals surface area contributed by atoms with Crippen molar-refractivity contribution in [3.8, 4) is 0 Å². The van der Waals surface area contributed by atoms with Gasteiger partial charge in [-0.2, -0.15) is 9.36 Å². The first-order valence-corrected chi connectivity index (χ1v) is 14.0. The predicted molar refractivity (Wildman–Crippen MR) is 142 cm³/mol. The Hall–Kier alpha value is -3.34. The average Bonchev–Trinajstić information content (AvgIpc) is 3.47. The lowest BCUT2D eigenvalue weighted by atomic mass is 10.0. The van der Waals surface area contributed by atoms with Crippen LogP contribution in [0.4, 0.5) is 5.13 Å². The number of anilines is 1. The van der Waals surface area contributed by atoms with Crippen LogP contribution in [0.3, 0.4) is 0 Å². The number of oxime groups is 1. The Morgan fingerprint density at radius 3 is 2.79 bits per heavy atom. The fourth-order valence-electron chi connectivity index (χ4n) is 3.99. The molecule has 0 spiro atoms. The first kappa shape index (κ1) is 27.7. The average molecular weight is 579 g/mol. The maximum atomic E-state index is 13.0. The van der Waals surface area contributed by atoms with E-state index in [1.807, 2.05) is 18.5 Å². The van der Waals surface area contributed by atoms with Crippen LogP contribution in [0.25, 0.3) is 0 Å². The van der Waals surface area contributed by atoms with Gasteiger partial charge < -0.3 is 30.3 Å². The van der Waals surface area contributed by atoms with Gasteiger partial charge in [0.15, 0.2) is 5.13 Å². The molecule has 4 heterocycles. The molecule has 0 aromatic carbocycles. The number of carbonyl (C=O) groups is 3. The Morgan fingerprint density at radius 1 is 1.42 bits per heavy atom. The number of likely N-dealkylation sites (N-methyl/N-ethyl adjacent to an activating group) is 1. The maximum absolute atomic E-state index is 13.0. The van der Waals surface area contributed by atoms with Gasteiger partial charge in [0.2, 0.25) is 11.5 Å². The molecule has 2 aliphatic rings. The molecule has 2 amide bonds. The minimum Gasteiger partial charge on any atom is -0.543 e. The SMILES string of the molecule is CO/N=C(\C(=O)N[C@@H]1C(=O)N2C(C(=O)[O-])=C(/C=C/C[N+](C)(C)Cc3scnc3C)CS[C@H]12)c1nsc(N)n1. The number of aryl methyl sites for hydroxylation is 1. The van der Waals surface area contributed by atoms with Crippen molar-refractivity contribution in [3.63, 3.8) is 0 Å². The molecule has 2 atom stereocenters. The fourth-order valence-corrected chi connectivity index (χ4v) is 6.73. The van der Waals surface area contributed by atoms with Crippen LogP contribution in [0.15, 0.2) is 34.1 Å². The zero-order valence-electron chi connectivity index (χ0n) is 21.0. The van der Waals surface area contributed by atoms with Crippen molar-refractivity contribution in [2.24, 2.45) is 5.16 Å². The van der Waals surface area contributed by atoms with Crippen molar-refractivity contribution in [2.75, 3.05) is 39.2 Å². The summed E-state index contributed by atoms with van der Waals surface area (Å²) in [4.78, 5) is 53.2. The topological polar surface area (TPSA) is 176 Å². The molecule has 1 fully saturated rings. The van der Waals surface area contributed by atoms with Gasteiger partial charge in [-0.25, -0.2) is 4.98 Å². The summed E-state index contributed by atoms with van der Waals surface area (Å²) in [6.45, 7) is 3.40. The molecule has 16 heteroatoms. The Kier molecular flexibility index (Phi) is 8.15. The molecule has 1 saturated heterocycles. The van der Waals surface area contributed by atoms with Gasteiger partial charge >= 0.3 is 0 Å². The molecular weight excluding hydrogens is 552 g/mol. The van der Waals surface area contributed by atoms with Crippen molar-refractivity contribution >= 4 is 63.3 Å². The summed E-state index contributed by atoms with van der Waals surface area (Å²) in [6.07, 6.45) is 3.63. The minimum atomic E-state index is -1.45. The summed E-state index contributed by atoms with van der Waals surface area (Å²) in [6, 6.07) is -0.969. The Labute approximate surface area is 230 Å². The number of thiazole rings is 1. The van der Waals surface area contributed by atoms with Crippen LogP contribution in [0, 0.1) is 6.92 Å². The number of hydrogen-bond acceptors (Lipinski definition) is 13. The number of nitrogen functional groups attached to an aromatic ring is 1. The fraction of sp³-hybridized carbons (Fsp3) is 0.409. The van der Waals surface area contributed by atoms with E-state index in [2.05, 4.69) is 38.9 Å². The van der Waals surface area contributed by atoms with Gasteiger partial charge in [0.05, 0.1) is 48.4 Å². The number of aliphatic carboxylic acids is 1. The smallest absolute Gasteiger partial charge is 0.278 e. The van der Waals surface area contributed by atoms with Crippen LogP contribution in [-0.2, 0) is 25.8 Å². The second-order valence-electron chi connectivity index (χ2n) is 9.14. The molecule has 0 unspecified atom stereocenters. The van der Waals surface area contributed by atoms with Crippen LogP contribution < -0.4 is 16.2 Å². The van der Waals surface area contributed by atoms with Gasteiger partial charge in [-0.05, 0) is 18.6 Å². The first-order valence-electron chi connectivity index (χ1n) is 11.3. The lowest BCUT2D eigenvalue weighted by Crippen LogP contribution is -2.71. The first-order chi connectivity index (χ1) is 18.0. The number of quaternary nitrogens is 1. The second kappa shape index (κ2) is 11.2. The van der Waals surface area contributed by atoms with Gasteiger partial charge in [0.25, 0.3) is 11.8 Å². The molecule has 2 aromatic rings. The van der Waals surface area contributed by atoms with E-state index >= 15 is 0 Å². The molecule has 0 radical (unpaired) electrons. The van der Waals surface area contributed by atoms with Crippen molar-refractivity contribution in [3.05, 3.63) is 45.3 Å². The van der Waals surface area contributed by atoms with E-state index in [1.54, 1.807) is 17.4 Å². The number of aromatic nitrogens is 3. The van der Waals surface area contributed by atoms with Gasteiger partial charge in [-0.15, -0.1) is 23.1 Å².